The zero-order valence-corrected chi connectivity index (χ0v) is 33.2. The zero-order chi connectivity index (χ0) is 38.8. The van der Waals surface area contributed by atoms with Gasteiger partial charge in [0.25, 0.3) is 0 Å². The predicted octanol–water partition coefficient (Wildman–Crippen LogP) is 15.5. The molecule has 0 aliphatic carbocycles. The van der Waals surface area contributed by atoms with E-state index in [-0.39, 0.29) is 0 Å². The molecule has 0 aliphatic rings. The zero-order valence-electron chi connectivity index (χ0n) is 33.2. The highest BCUT2D eigenvalue weighted by Crippen LogP contribution is 2.43. The highest BCUT2D eigenvalue weighted by Gasteiger charge is 2.21. The quantitative estimate of drug-likeness (QED) is 0.146. The van der Waals surface area contributed by atoms with E-state index in [1.165, 1.54) is 67.0 Å². The van der Waals surface area contributed by atoms with E-state index < -0.39 is 0 Å². The number of aryl methyl sites for hydroxylation is 6. The lowest BCUT2D eigenvalue weighted by molar-refractivity contribution is 1.20. The lowest BCUT2D eigenvalue weighted by atomic mass is 9.99. The van der Waals surface area contributed by atoms with Crippen molar-refractivity contribution >= 4 is 34.1 Å². The first-order chi connectivity index (χ1) is 27.2. The SMILES string of the molecule is Cc1cc(C)c(N(c2ccc(-c3ccccc3)cc2)c2cccc(-c3cccc(N(c4ccc(-c5ccccc5)cc4)c4c(C)cc(C)cc4C)c3)c2)c(C)c1. The van der Waals surface area contributed by atoms with E-state index in [2.05, 4.69) is 233 Å². The van der Waals surface area contributed by atoms with Gasteiger partial charge in [0.2, 0.25) is 0 Å². The topological polar surface area (TPSA) is 6.48 Å². The Morgan fingerprint density at radius 1 is 0.250 bits per heavy atom. The molecule has 0 saturated heterocycles. The Morgan fingerprint density at radius 2 is 0.554 bits per heavy atom. The Balaban J connectivity index is 1.23. The Morgan fingerprint density at radius 3 is 0.893 bits per heavy atom. The van der Waals surface area contributed by atoms with Crippen LogP contribution in [0.1, 0.15) is 33.4 Å². The number of anilines is 6. The van der Waals surface area contributed by atoms with Crippen LogP contribution < -0.4 is 9.80 Å². The second-order valence-corrected chi connectivity index (χ2v) is 15.1. The molecular weight excluding hydrogens is 677 g/mol. The van der Waals surface area contributed by atoms with Crippen molar-refractivity contribution in [2.75, 3.05) is 9.80 Å². The molecule has 0 N–H and O–H groups in total. The molecule has 0 fully saturated rings. The van der Waals surface area contributed by atoms with Crippen LogP contribution in [-0.4, -0.2) is 0 Å². The number of benzene rings is 8. The number of hydrogen-bond donors (Lipinski definition) is 0. The lowest BCUT2D eigenvalue weighted by Crippen LogP contribution is -2.13. The smallest absolute Gasteiger partial charge is 0.0520 e. The molecule has 0 aliphatic heterocycles. The maximum atomic E-state index is 2.42. The van der Waals surface area contributed by atoms with Gasteiger partial charge >= 0.3 is 0 Å². The fourth-order valence-corrected chi connectivity index (χ4v) is 8.38. The standard InChI is InChI=1S/C54H48N2/c1-37-31-39(3)53(40(4)32-37)55(49-27-23-45(24-28-49)43-15-9-7-10-16-43)51-21-13-19-47(35-51)48-20-14-22-52(36-48)56(54-41(5)33-38(2)34-42(54)6)50-29-25-46(26-30-50)44-17-11-8-12-18-44/h7-36H,1-6H3. The van der Waals surface area contributed by atoms with E-state index in [1.54, 1.807) is 0 Å². The van der Waals surface area contributed by atoms with Crippen molar-refractivity contribution in [2.24, 2.45) is 0 Å². The summed E-state index contributed by atoms with van der Waals surface area (Å²) in [5.41, 5.74) is 21.6. The van der Waals surface area contributed by atoms with Crippen LogP contribution in [0.25, 0.3) is 33.4 Å². The van der Waals surface area contributed by atoms with Crippen LogP contribution in [0.15, 0.2) is 182 Å². The Bertz CT molecular complexity index is 2390. The summed E-state index contributed by atoms with van der Waals surface area (Å²) in [5.74, 6) is 0. The Kier molecular flexibility index (Phi) is 10.1. The fraction of sp³-hybridized carbons (Fsp3) is 0.111. The van der Waals surface area contributed by atoms with E-state index in [0.717, 1.165) is 33.9 Å². The second-order valence-electron chi connectivity index (χ2n) is 15.1. The van der Waals surface area contributed by atoms with Crippen molar-refractivity contribution in [2.45, 2.75) is 41.5 Å². The van der Waals surface area contributed by atoms with Crippen LogP contribution in [0.3, 0.4) is 0 Å². The molecule has 0 atom stereocenters. The summed E-state index contributed by atoms with van der Waals surface area (Å²) in [6.45, 7) is 13.3. The maximum Gasteiger partial charge on any atom is 0.0520 e. The van der Waals surface area contributed by atoms with Gasteiger partial charge in [-0.2, -0.15) is 0 Å². The molecule has 56 heavy (non-hydrogen) atoms. The highest BCUT2D eigenvalue weighted by molar-refractivity contribution is 5.87. The molecule has 2 nitrogen and oxygen atoms in total. The summed E-state index contributed by atoms with van der Waals surface area (Å²) in [7, 11) is 0. The Hall–Kier alpha value is -6.64. The molecule has 0 spiro atoms. The minimum atomic E-state index is 1.12. The third kappa shape index (κ3) is 7.39. The molecule has 0 saturated carbocycles. The van der Waals surface area contributed by atoms with Crippen LogP contribution in [0.2, 0.25) is 0 Å². The van der Waals surface area contributed by atoms with Crippen LogP contribution in [0, 0.1) is 41.5 Å². The molecular formula is C54H48N2. The first-order valence-electron chi connectivity index (χ1n) is 19.5. The second kappa shape index (κ2) is 15.6. The summed E-state index contributed by atoms with van der Waals surface area (Å²) in [6, 6.07) is 66.3. The summed E-state index contributed by atoms with van der Waals surface area (Å²) in [4.78, 5) is 4.84. The average Bonchev–Trinajstić information content (AvgIpc) is 3.21. The molecule has 0 unspecified atom stereocenters. The minimum absolute atomic E-state index is 1.12. The normalized spacial score (nSPS) is 11.0. The molecule has 0 bridgehead atoms. The van der Waals surface area contributed by atoms with Crippen LogP contribution in [0.4, 0.5) is 34.1 Å². The van der Waals surface area contributed by atoms with Gasteiger partial charge in [0.1, 0.15) is 0 Å². The Labute approximate surface area is 333 Å². The van der Waals surface area contributed by atoms with E-state index in [0.29, 0.717) is 0 Å². The van der Waals surface area contributed by atoms with Gasteiger partial charge in [-0.05, 0) is 146 Å². The lowest BCUT2D eigenvalue weighted by Gasteiger charge is -2.30. The first-order valence-corrected chi connectivity index (χ1v) is 19.5. The number of nitrogens with zero attached hydrogens (tertiary/aromatic N) is 2. The number of hydrogen-bond acceptors (Lipinski definition) is 2. The average molecular weight is 725 g/mol. The van der Waals surface area contributed by atoms with Gasteiger partial charge in [-0.1, -0.05) is 145 Å². The van der Waals surface area contributed by atoms with Crippen molar-refractivity contribution in [3.8, 4) is 33.4 Å². The highest BCUT2D eigenvalue weighted by atomic mass is 15.2. The largest absolute Gasteiger partial charge is 0.310 e. The maximum absolute atomic E-state index is 2.42. The van der Waals surface area contributed by atoms with Gasteiger partial charge in [0.15, 0.2) is 0 Å². The van der Waals surface area contributed by atoms with E-state index in [1.807, 2.05) is 0 Å². The van der Waals surface area contributed by atoms with Gasteiger partial charge in [-0.25, -0.2) is 0 Å². The van der Waals surface area contributed by atoms with Gasteiger partial charge in [-0.3, -0.25) is 0 Å². The molecule has 2 heteroatoms. The van der Waals surface area contributed by atoms with Crippen molar-refractivity contribution in [3.63, 3.8) is 0 Å². The number of rotatable bonds is 9. The summed E-state index contributed by atoms with van der Waals surface area (Å²) >= 11 is 0. The molecule has 0 amide bonds. The summed E-state index contributed by atoms with van der Waals surface area (Å²) < 4.78 is 0. The molecule has 8 rings (SSSR count). The van der Waals surface area contributed by atoms with Gasteiger partial charge in [0.05, 0.1) is 11.4 Å². The fourth-order valence-electron chi connectivity index (χ4n) is 8.38. The predicted molar refractivity (Wildman–Crippen MR) is 241 cm³/mol. The van der Waals surface area contributed by atoms with Crippen LogP contribution >= 0.6 is 0 Å². The molecule has 8 aromatic carbocycles. The van der Waals surface area contributed by atoms with Crippen LogP contribution in [-0.2, 0) is 0 Å². The molecule has 8 aromatic rings. The molecule has 274 valence electrons. The molecule has 0 heterocycles. The summed E-state index contributed by atoms with van der Waals surface area (Å²) in [6.07, 6.45) is 0. The van der Waals surface area contributed by atoms with Crippen molar-refractivity contribution in [3.05, 3.63) is 215 Å². The van der Waals surface area contributed by atoms with E-state index in [9.17, 15) is 0 Å². The molecule has 0 aromatic heterocycles. The van der Waals surface area contributed by atoms with E-state index >= 15 is 0 Å². The van der Waals surface area contributed by atoms with Crippen molar-refractivity contribution < 1.29 is 0 Å². The van der Waals surface area contributed by atoms with Crippen molar-refractivity contribution in [1.29, 1.82) is 0 Å². The third-order valence-corrected chi connectivity index (χ3v) is 10.7. The summed E-state index contributed by atoms with van der Waals surface area (Å²) in [5, 5.41) is 0. The van der Waals surface area contributed by atoms with Crippen molar-refractivity contribution in [1.82, 2.24) is 0 Å². The monoisotopic (exact) mass is 724 g/mol. The molecule has 0 radical (unpaired) electrons. The van der Waals surface area contributed by atoms with Crippen LogP contribution in [0.5, 0.6) is 0 Å². The van der Waals surface area contributed by atoms with Gasteiger partial charge in [-0.15, -0.1) is 0 Å². The minimum Gasteiger partial charge on any atom is -0.310 e. The van der Waals surface area contributed by atoms with E-state index in [4.69, 9.17) is 0 Å². The van der Waals surface area contributed by atoms with Gasteiger partial charge in [0, 0.05) is 22.7 Å². The first kappa shape index (κ1) is 36.3. The third-order valence-electron chi connectivity index (χ3n) is 10.7. The van der Waals surface area contributed by atoms with Gasteiger partial charge < -0.3 is 9.80 Å².